The molecule has 0 atom stereocenters. The number of aromatic carboxylic acids is 1. The number of nitrogens with zero attached hydrogens (tertiary/aromatic N) is 1. The van der Waals surface area contributed by atoms with E-state index in [1.807, 2.05) is 31.2 Å². The van der Waals surface area contributed by atoms with E-state index in [4.69, 9.17) is 16.3 Å². The normalized spacial score (nSPS) is 10.8. The highest BCUT2D eigenvalue weighted by Gasteiger charge is 2.23. The first kappa shape index (κ1) is 24.7. The van der Waals surface area contributed by atoms with Gasteiger partial charge in [-0.25, -0.2) is 9.59 Å². The number of esters is 1. The van der Waals surface area contributed by atoms with Crippen molar-refractivity contribution in [3.05, 3.63) is 98.9 Å². The minimum Gasteiger partial charge on any atom is -0.478 e. The van der Waals surface area contributed by atoms with E-state index < -0.39 is 24.5 Å². The zero-order valence-electron chi connectivity index (χ0n) is 19.4. The van der Waals surface area contributed by atoms with E-state index in [0.29, 0.717) is 21.9 Å². The number of halogens is 1. The highest BCUT2D eigenvalue weighted by molar-refractivity contribution is 6.33. The number of nitrogens with one attached hydrogen (secondary N) is 1. The number of hydrogen-bond acceptors (Lipinski definition) is 5. The number of ether oxygens (including phenoxy) is 1. The number of carbonyl (C=O) groups excluding carboxylic acids is 2. The number of anilines is 1. The molecule has 0 radical (unpaired) electrons. The van der Waals surface area contributed by atoms with Crippen molar-refractivity contribution in [3.63, 3.8) is 0 Å². The quantitative estimate of drug-likeness (QED) is 0.369. The average molecular weight is 505 g/mol. The summed E-state index contributed by atoms with van der Waals surface area (Å²) in [6, 6.07) is 18.4. The van der Waals surface area contributed by atoms with Crippen LogP contribution in [0.4, 0.5) is 5.69 Å². The molecule has 0 saturated carbocycles. The van der Waals surface area contributed by atoms with Crippen LogP contribution in [-0.4, -0.2) is 34.1 Å². The zero-order chi connectivity index (χ0) is 26.0. The SMILES string of the molecule is Cc1ccc(-c2c(C(=O)OCC(=O)Nc3ccc(Cl)c(C(=O)O)c3)n(C)c(=O)c3ccccc23)cc1. The first-order valence-electron chi connectivity index (χ1n) is 10.9. The summed E-state index contributed by atoms with van der Waals surface area (Å²) in [7, 11) is 1.48. The van der Waals surface area contributed by atoms with Gasteiger partial charge in [0.1, 0.15) is 5.69 Å². The number of aryl methyl sites for hydroxylation is 1. The Morgan fingerprint density at radius 3 is 2.33 bits per heavy atom. The second-order valence-corrected chi connectivity index (χ2v) is 8.53. The molecule has 2 N–H and O–H groups in total. The summed E-state index contributed by atoms with van der Waals surface area (Å²) in [5, 5.41) is 12.7. The van der Waals surface area contributed by atoms with Gasteiger partial charge in [0.05, 0.1) is 10.6 Å². The Labute approximate surface area is 210 Å². The lowest BCUT2D eigenvalue weighted by Gasteiger charge is -2.17. The summed E-state index contributed by atoms with van der Waals surface area (Å²) in [5.74, 6) is -2.79. The van der Waals surface area contributed by atoms with Crippen LogP contribution in [-0.2, 0) is 16.6 Å². The average Bonchev–Trinajstić information content (AvgIpc) is 2.86. The molecule has 4 rings (SSSR count). The number of fused-ring (bicyclic) bond motifs is 1. The van der Waals surface area contributed by atoms with Crippen LogP contribution in [0.5, 0.6) is 0 Å². The number of amides is 1. The van der Waals surface area contributed by atoms with Gasteiger partial charge in [0, 0.05) is 23.7 Å². The lowest BCUT2D eigenvalue weighted by Crippen LogP contribution is -2.28. The van der Waals surface area contributed by atoms with Crippen molar-refractivity contribution >= 4 is 45.9 Å². The molecule has 0 fully saturated rings. The van der Waals surface area contributed by atoms with Crippen LogP contribution >= 0.6 is 11.6 Å². The number of pyridine rings is 1. The topological polar surface area (TPSA) is 115 Å². The molecule has 3 aromatic carbocycles. The second kappa shape index (κ2) is 10.1. The fourth-order valence-electron chi connectivity index (χ4n) is 3.88. The van der Waals surface area contributed by atoms with Gasteiger partial charge < -0.3 is 19.7 Å². The van der Waals surface area contributed by atoms with Crippen molar-refractivity contribution < 1.29 is 24.2 Å². The van der Waals surface area contributed by atoms with Gasteiger partial charge in [0.25, 0.3) is 11.5 Å². The number of hydrogen-bond donors (Lipinski definition) is 2. The van der Waals surface area contributed by atoms with Gasteiger partial charge in [0.2, 0.25) is 0 Å². The molecule has 8 nitrogen and oxygen atoms in total. The van der Waals surface area contributed by atoms with Crippen molar-refractivity contribution in [1.29, 1.82) is 0 Å². The van der Waals surface area contributed by atoms with Gasteiger partial charge in [-0.3, -0.25) is 9.59 Å². The predicted octanol–water partition coefficient (Wildman–Crippen LogP) is 4.66. The third kappa shape index (κ3) is 4.85. The molecule has 36 heavy (non-hydrogen) atoms. The Hall–Kier alpha value is -4.43. The Bertz CT molecular complexity index is 1570. The minimum atomic E-state index is -1.25. The minimum absolute atomic E-state index is 0.00927. The van der Waals surface area contributed by atoms with Crippen LogP contribution in [0.25, 0.3) is 21.9 Å². The third-order valence-corrected chi connectivity index (χ3v) is 5.98. The monoisotopic (exact) mass is 504 g/mol. The maximum atomic E-state index is 13.2. The van der Waals surface area contributed by atoms with Crippen molar-refractivity contribution in [2.45, 2.75) is 6.92 Å². The lowest BCUT2D eigenvalue weighted by atomic mass is 9.96. The summed E-state index contributed by atoms with van der Waals surface area (Å²) < 4.78 is 6.50. The van der Waals surface area contributed by atoms with Gasteiger partial charge in [-0.1, -0.05) is 59.6 Å². The molecule has 1 heterocycles. The number of aromatic nitrogens is 1. The van der Waals surface area contributed by atoms with Crippen LogP contribution in [0.15, 0.2) is 71.5 Å². The molecule has 0 bridgehead atoms. The Balaban J connectivity index is 1.65. The largest absolute Gasteiger partial charge is 0.478 e. The van der Waals surface area contributed by atoms with Crippen LogP contribution < -0.4 is 10.9 Å². The highest BCUT2D eigenvalue weighted by atomic mass is 35.5. The van der Waals surface area contributed by atoms with E-state index in [9.17, 15) is 24.3 Å². The Morgan fingerprint density at radius 1 is 1.00 bits per heavy atom. The van der Waals surface area contributed by atoms with Gasteiger partial charge in [0.15, 0.2) is 6.61 Å². The molecular weight excluding hydrogens is 484 g/mol. The first-order chi connectivity index (χ1) is 17.2. The predicted molar refractivity (Wildman–Crippen MR) is 137 cm³/mol. The van der Waals surface area contributed by atoms with E-state index in [2.05, 4.69) is 5.32 Å². The van der Waals surface area contributed by atoms with Gasteiger partial charge in [-0.05, 0) is 42.1 Å². The Morgan fingerprint density at radius 2 is 1.67 bits per heavy atom. The van der Waals surface area contributed by atoms with Crippen molar-refractivity contribution in [2.75, 3.05) is 11.9 Å². The fourth-order valence-corrected chi connectivity index (χ4v) is 4.08. The van der Waals surface area contributed by atoms with E-state index in [0.717, 1.165) is 5.56 Å². The van der Waals surface area contributed by atoms with E-state index in [-0.39, 0.29) is 27.5 Å². The molecule has 9 heteroatoms. The van der Waals surface area contributed by atoms with Crippen molar-refractivity contribution in [1.82, 2.24) is 4.57 Å². The number of carboxylic acid groups (broad SMARTS) is 1. The number of carbonyl (C=O) groups is 3. The molecule has 0 unspecified atom stereocenters. The molecule has 182 valence electrons. The van der Waals surface area contributed by atoms with Crippen LogP contribution in [0.3, 0.4) is 0 Å². The summed E-state index contributed by atoms with van der Waals surface area (Å²) >= 11 is 5.85. The molecule has 1 aromatic heterocycles. The smallest absolute Gasteiger partial charge is 0.356 e. The van der Waals surface area contributed by atoms with E-state index in [1.165, 1.54) is 29.8 Å². The zero-order valence-corrected chi connectivity index (χ0v) is 20.1. The molecule has 1 amide bonds. The van der Waals surface area contributed by atoms with Crippen molar-refractivity contribution in [2.24, 2.45) is 7.05 Å². The maximum Gasteiger partial charge on any atom is 0.356 e. The number of benzene rings is 3. The number of rotatable bonds is 6. The molecule has 0 spiro atoms. The number of carboxylic acids is 1. The Kier molecular flexibility index (Phi) is 6.89. The van der Waals surface area contributed by atoms with Crippen molar-refractivity contribution in [3.8, 4) is 11.1 Å². The molecule has 0 saturated heterocycles. The molecule has 0 aliphatic carbocycles. The molecule has 0 aliphatic rings. The maximum absolute atomic E-state index is 13.2. The second-order valence-electron chi connectivity index (χ2n) is 8.12. The molecule has 4 aromatic rings. The van der Waals surface area contributed by atoms with Crippen LogP contribution in [0.1, 0.15) is 26.4 Å². The van der Waals surface area contributed by atoms with Crippen LogP contribution in [0, 0.1) is 6.92 Å². The first-order valence-corrected chi connectivity index (χ1v) is 11.2. The summed E-state index contributed by atoms with van der Waals surface area (Å²) in [4.78, 5) is 49.9. The van der Waals surface area contributed by atoms with Gasteiger partial charge in [-0.15, -0.1) is 0 Å². The van der Waals surface area contributed by atoms with Gasteiger partial charge >= 0.3 is 11.9 Å². The standard InChI is InChI=1S/C27H21ClN2O6/c1-15-7-9-16(10-8-15)23-18-5-3-4-6-19(18)25(32)30(2)24(23)27(35)36-14-22(31)29-17-11-12-21(28)20(13-17)26(33)34/h3-13H,14H2,1-2H3,(H,29,31)(H,33,34). The van der Waals surface area contributed by atoms with Gasteiger partial charge in [-0.2, -0.15) is 0 Å². The lowest BCUT2D eigenvalue weighted by molar-refractivity contribution is -0.119. The highest BCUT2D eigenvalue weighted by Crippen LogP contribution is 2.31. The van der Waals surface area contributed by atoms with E-state index >= 15 is 0 Å². The third-order valence-electron chi connectivity index (χ3n) is 5.65. The molecular formula is C27H21ClN2O6. The van der Waals surface area contributed by atoms with Crippen LogP contribution in [0.2, 0.25) is 5.02 Å². The fraction of sp³-hybridized carbons (Fsp3) is 0.111. The molecule has 0 aliphatic heterocycles. The van der Waals surface area contributed by atoms with E-state index in [1.54, 1.807) is 24.3 Å². The summed E-state index contributed by atoms with van der Waals surface area (Å²) in [6.07, 6.45) is 0. The summed E-state index contributed by atoms with van der Waals surface area (Å²) in [5.41, 5.74) is 1.89. The summed E-state index contributed by atoms with van der Waals surface area (Å²) in [6.45, 7) is 1.29.